The number of nitrogens with one attached hydrogen (secondary N) is 2. The van der Waals surface area contributed by atoms with Crippen molar-refractivity contribution in [1.82, 2.24) is 25.2 Å². The van der Waals surface area contributed by atoms with Gasteiger partial charge in [0.1, 0.15) is 25.7 Å². The lowest BCUT2D eigenvalue weighted by atomic mass is 10.1. The van der Waals surface area contributed by atoms with Crippen LogP contribution in [0.15, 0.2) is 29.1 Å². The third-order valence-electron chi connectivity index (χ3n) is 5.58. The molecule has 160 valence electrons. The summed E-state index contributed by atoms with van der Waals surface area (Å²) in [6, 6.07) is 8.06. The summed E-state index contributed by atoms with van der Waals surface area (Å²) in [6.45, 7) is 6.00. The molecule has 0 aliphatic carbocycles. The number of nitrogens with zero attached hydrogens (tertiary/aromatic N) is 4. The lowest BCUT2D eigenvalue weighted by Crippen LogP contribution is -3.10. The molecule has 30 heavy (non-hydrogen) atoms. The maximum Gasteiger partial charge on any atom is 0.257 e. The summed E-state index contributed by atoms with van der Waals surface area (Å²) in [7, 11) is 1.66. The number of benzene rings is 1. The van der Waals surface area contributed by atoms with Gasteiger partial charge >= 0.3 is 0 Å². The van der Waals surface area contributed by atoms with Crippen molar-refractivity contribution in [3.63, 3.8) is 0 Å². The van der Waals surface area contributed by atoms with Crippen molar-refractivity contribution in [2.75, 3.05) is 26.9 Å². The Morgan fingerprint density at radius 2 is 2.23 bits per heavy atom. The number of aromatic amines is 1. The lowest BCUT2D eigenvalue weighted by Gasteiger charge is -2.22. The Balaban J connectivity index is 1.58. The summed E-state index contributed by atoms with van der Waals surface area (Å²) in [6.07, 6.45) is 2.33. The Kier molecular flexibility index (Phi) is 6.51. The molecule has 9 heteroatoms. The minimum Gasteiger partial charge on any atom is -0.383 e. The summed E-state index contributed by atoms with van der Waals surface area (Å²) in [5, 5.41) is 13.2. The average Bonchev–Trinajstić information content (AvgIpc) is 3.39. The van der Waals surface area contributed by atoms with Crippen LogP contribution in [0, 0.1) is 6.92 Å². The van der Waals surface area contributed by atoms with Crippen LogP contribution in [0.5, 0.6) is 0 Å². The van der Waals surface area contributed by atoms with E-state index in [2.05, 4.69) is 33.5 Å². The molecule has 1 saturated heterocycles. The quantitative estimate of drug-likeness (QED) is 0.521. The van der Waals surface area contributed by atoms with Crippen LogP contribution < -0.4 is 10.5 Å². The van der Waals surface area contributed by atoms with Gasteiger partial charge in [0.2, 0.25) is 5.82 Å². The average molecular weight is 414 g/mol. The molecule has 0 radical (unpaired) electrons. The van der Waals surface area contributed by atoms with Crippen LogP contribution >= 0.6 is 0 Å². The van der Waals surface area contributed by atoms with E-state index in [1.807, 2.05) is 18.2 Å². The summed E-state index contributed by atoms with van der Waals surface area (Å²) >= 11 is 0. The van der Waals surface area contributed by atoms with Crippen LogP contribution in [0.4, 0.5) is 0 Å². The molecule has 0 spiro atoms. The van der Waals surface area contributed by atoms with E-state index in [0.717, 1.165) is 48.3 Å². The summed E-state index contributed by atoms with van der Waals surface area (Å²) < 4.78 is 12.8. The van der Waals surface area contributed by atoms with Crippen molar-refractivity contribution in [2.45, 2.75) is 45.5 Å². The fraction of sp³-hybridized carbons (Fsp3) is 0.524. The first kappa shape index (κ1) is 20.6. The van der Waals surface area contributed by atoms with Crippen LogP contribution in [0.1, 0.15) is 29.8 Å². The predicted molar refractivity (Wildman–Crippen MR) is 111 cm³/mol. The minimum absolute atomic E-state index is 0.0461. The number of rotatable bonds is 9. The number of hydrogen-bond donors (Lipinski definition) is 2. The van der Waals surface area contributed by atoms with Gasteiger partial charge in [-0.15, -0.1) is 5.10 Å². The first-order valence-corrected chi connectivity index (χ1v) is 10.4. The van der Waals surface area contributed by atoms with Crippen molar-refractivity contribution >= 4 is 10.9 Å². The maximum absolute atomic E-state index is 12.7. The molecule has 3 aromatic rings. The number of ether oxygens (including phenoxy) is 2. The number of H-pyrrole nitrogens is 1. The van der Waals surface area contributed by atoms with E-state index in [4.69, 9.17) is 9.47 Å². The molecule has 1 unspecified atom stereocenters. The Bertz CT molecular complexity index is 1040. The van der Waals surface area contributed by atoms with Crippen LogP contribution in [-0.4, -0.2) is 58.2 Å². The Labute approximate surface area is 175 Å². The van der Waals surface area contributed by atoms with Gasteiger partial charge in [-0.1, -0.05) is 11.6 Å². The van der Waals surface area contributed by atoms with Crippen molar-refractivity contribution in [1.29, 1.82) is 0 Å². The molecular formula is C21H29N6O3+. The molecule has 4 rings (SSSR count). The molecule has 1 aliphatic rings. The van der Waals surface area contributed by atoms with Gasteiger partial charge < -0.3 is 19.4 Å². The van der Waals surface area contributed by atoms with E-state index in [9.17, 15) is 4.79 Å². The molecule has 3 heterocycles. The third-order valence-corrected chi connectivity index (χ3v) is 5.58. The highest BCUT2D eigenvalue weighted by atomic mass is 16.5. The van der Waals surface area contributed by atoms with E-state index >= 15 is 0 Å². The zero-order valence-corrected chi connectivity index (χ0v) is 17.6. The number of aryl methyl sites for hydroxylation is 1. The van der Waals surface area contributed by atoms with Gasteiger partial charge in [-0.3, -0.25) is 4.79 Å². The molecule has 2 atom stereocenters. The third kappa shape index (κ3) is 4.92. The van der Waals surface area contributed by atoms with Crippen molar-refractivity contribution in [2.24, 2.45) is 0 Å². The predicted octanol–water partition coefficient (Wildman–Crippen LogP) is 0.234. The second-order valence-electron chi connectivity index (χ2n) is 7.97. The zero-order chi connectivity index (χ0) is 20.9. The van der Waals surface area contributed by atoms with Gasteiger partial charge in [-0.2, -0.15) is 0 Å². The first-order chi connectivity index (χ1) is 14.6. The maximum atomic E-state index is 12.7. The second kappa shape index (κ2) is 9.46. The molecule has 1 fully saturated rings. The molecule has 1 aromatic carbocycles. The highest BCUT2D eigenvalue weighted by Gasteiger charge is 2.25. The molecule has 2 N–H and O–H groups in total. The standard InChI is InChI=1S/C21H28N6O3/c1-15-5-6-19-16(10-15)11-17(21(28)22-19)12-26(13-18-4-3-8-30-18)14-20-23-24-25-27(20)7-9-29-2/h5-6,10-11,18H,3-4,7-9,12-14H2,1-2H3,(H,22,28)/p+1/t18-/m0/s1. The smallest absolute Gasteiger partial charge is 0.257 e. The topological polar surface area (TPSA) is 99.4 Å². The summed E-state index contributed by atoms with van der Waals surface area (Å²) in [5.41, 5.74) is 2.74. The fourth-order valence-electron chi connectivity index (χ4n) is 4.03. The van der Waals surface area contributed by atoms with E-state index in [0.29, 0.717) is 26.2 Å². The van der Waals surface area contributed by atoms with E-state index in [-0.39, 0.29) is 11.7 Å². The molecular weight excluding hydrogens is 384 g/mol. The number of fused-ring (bicyclic) bond motifs is 1. The van der Waals surface area contributed by atoms with Gasteiger partial charge in [0.25, 0.3) is 5.56 Å². The van der Waals surface area contributed by atoms with Crippen LogP contribution in [-0.2, 0) is 29.1 Å². The molecule has 0 saturated carbocycles. The van der Waals surface area contributed by atoms with Gasteiger partial charge in [0, 0.05) is 19.2 Å². The van der Waals surface area contributed by atoms with E-state index in [1.54, 1.807) is 11.8 Å². The van der Waals surface area contributed by atoms with E-state index in [1.165, 1.54) is 10.5 Å². The number of aromatic nitrogens is 5. The Morgan fingerprint density at radius 3 is 3.03 bits per heavy atom. The normalized spacial score (nSPS) is 17.6. The molecule has 0 amide bonds. The van der Waals surface area contributed by atoms with Crippen molar-refractivity contribution in [3.05, 3.63) is 51.6 Å². The largest absolute Gasteiger partial charge is 0.383 e. The van der Waals surface area contributed by atoms with Gasteiger partial charge in [0.05, 0.1) is 18.7 Å². The van der Waals surface area contributed by atoms with Crippen LogP contribution in [0.2, 0.25) is 0 Å². The second-order valence-corrected chi connectivity index (χ2v) is 7.97. The number of hydrogen-bond acceptors (Lipinski definition) is 6. The van der Waals surface area contributed by atoms with Crippen LogP contribution in [0.3, 0.4) is 0 Å². The van der Waals surface area contributed by atoms with Gasteiger partial charge in [-0.25, -0.2) is 4.68 Å². The SMILES string of the molecule is COCCn1nnnc1C[NH+](Cc1cc2cc(C)ccc2[nH]c1=O)C[C@@H]1CCCO1. The highest BCUT2D eigenvalue weighted by Crippen LogP contribution is 2.13. The number of methoxy groups -OCH3 is 1. The van der Waals surface area contributed by atoms with Crippen molar-refractivity contribution < 1.29 is 14.4 Å². The van der Waals surface area contributed by atoms with Gasteiger partial charge in [-0.05, 0) is 53.8 Å². The Morgan fingerprint density at radius 1 is 1.33 bits per heavy atom. The van der Waals surface area contributed by atoms with Crippen LogP contribution in [0.25, 0.3) is 10.9 Å². The Hall–Kier alpha value is -2.62. The number of pyridine rings is 1. The molecule has 0 bridgehead atoms. The molecule has 1 aliphatic heterocycles. The summed E-state index contributed by atoms with van der Waals surface area (Å²) in [5.74, 6) is 0.785. The van der Waals surface area contributed by atoms with Gasteiger partial charge in [0.15, 0.2) is 0 Å². The monoisotopic (exact) mass is 413 g/mol. The molecule has 9 nitrogen and oxygen atoms in total. The lowest BCUT2D eigenvalue weighted by molar-refractivity contribution is -0.931. The fourth-order valence-corrected chi connectivity index (χ4v) is 4.03. The highest BCUT2D eigenvalue weighted by molar-refractivity contribution is 5.79. The summed E-state index contributed by atoms with van der Waals surface area (Å²) in [4.78, 5) is 17.0. The number of quaternary nitrogens is 1. The minimum atomic E-state index is -0.0461. The molecule has 2 aromatic heterocycles. The zero-order valence-electron chi connectivity index (χ0n) is 17.6. The van der Waals surface area contributed by atoms with E-state index < -0.39 is 0 Å². The number of tetrazole rings is 1. The van der Waals surface area contributed by atoms with Crippen molar-refractivity contribution in [3.8, 4) is 0 Å². The first-order valence-electron chi connectivity index (χ1n) is 10.4.